The molecule has 0 fully saturated rings. The molecule has 0 bridgehead atoms. The monoisotopic (exact) mass is 282 g/mol. The Morgan fingerprint density at radius 3 is 2.24 bits per heavy atom. The van der Waals surface area contributed by atoms with E-state index in [9.17, 15) is 9.59 Å². The number of carbonyl (C=O) groups is 2. The molecule has 2 N–H and O–H groups in total. The van der Waals surface area contributed by atoms with Gasteiger partial charge in [-0.1, -0.05) is 31.2 Å². The van der Waals surface area contributed by atoms with Gasteiger partial charge in [-0.25, -0.2) is 0 Å². The molecular weight excluding hydrogens is 264 g/mol. The highest BCUT2D eigenvalue weighted by Gasteiger charge is 2.10. The summed E-state index contributed by atoms with van der Waals surface area (Å²) in [6.45, 7) is 2.61. The first-order valence-electron chi connectivity index (χ1n) is 6.95. The van der Waals surface area contributed by atoms with E-state index in [-0.39, 0.29) is 11.8 Å². The van der Waals surface area contributed by atoms with Crippen LogP contribution < -0.4 is 10.6 Å². The molecule has 0 saturated heterocycles. The zero-order valence-corrected chi connectivity index (χ0v) is 11.9. The predicted octanol–water partition coefficient (Wildman–Crippen LogP) is 3.08. The van der Waals surface area contributed by atoms with E-state index in [1.807, 2.05) is 37.3 Å². The summed E-state index contributed by atoms with van der Waals surface area (Å²) in [5.74, 6) is -0.391. The number of para-hydroxylation sites is 1. The lowest BCUT2D eigenvalue weighted by atomic mass is 10.1. The number of hydrogen-bond acceptors (Lipinski definition) is 2. The Labute approximate surface area is 124 Å². The molecule has 0 heterocycles. The highest BCUT2D eigenvalue weighted by molar-refractivity contribution is 6.06. The van der Waals surface area contributed by atoms with E-state index < -0.39 is 0 Å². The van der Waals surface area contributed by atoms with Crippen LogP contribution in [0, 0.1) is 0 Å². The number of anilines is 1. The Morgan fingerprint density at radius 1 is 0.905 bits per heavy atom. The van der Waals surface area contributed by atoms with Crippen LogP contribution in [-0.2, 0) is 0 Å². The van der Waals surface area contributed by atoms with Crippen molar-refractivity contribution in [1.82, 2.24) is 5.32 Å². The minimum atomic E-state index is -0.230. The fourth-order valence-electron chi connectivity index (χ4n) is 1.87. The van der Waals surface area contributed by atoms with Gasteiger partial charge in [0, 0.05) is 23.4 Å². The zero-order valence-electron chi connectivity index (χ0n) is 11.9. The van der Waals surface area contributed by atoms with Gasteiger partial charge in [0.15, 0.2) is 0 Å². The van der Waals surface area contributed by atoms with E-state index in [1.54, 1.807) is 24.3 Å². The lowest BCUT2D eigenvalue weighted by Crippen LogP contribution is -2.24. The molecule has 0 unspecified atom stereocenters. The standard InChI is InChI=1S/C17H18N2O2/c1-2-11-18-16(20)13-7-6-8-14(12-13)17(21)19-15-9-4-3-5-10-15/h3-10,12H,2,11H2,1H3,(H,18,20)(H,19,21). The molecule has 2 rings (SSSR count). The third kappa shape index (κ3) is 4.18. The van der Waals surface area contributed by atoms with Crippen LogP contribution in [0.3, 0.4) is 0 Å². The summed E-state index contributed by atoms with van der Waals surface area (Å²) in [5, 5.41) is 5.59. The molecule has 2 aromatic carbocycles. The first-order chi connectivity index (χ1) is 10.2. The summed E-state index contributed by atoms with van der Waals surface area (Å²) in [4.78, 5) is 24.1. The van der Waals surface area contributed by atoms with E-state index in [2.05, 4.69) is 10.6 Å². The maximum Gasteiger partial charge on any atom is 0.255 e. The number of carbonyl (C=O) groups excluding carboxylic acids is 2. The van der Waals surface area contributed by atoms with E-state index in [0.29, 0.717) is 17.7 Å². The third-order valence-corrected chi connectivity index (χ3v) is 2.95. The molecule has 2 aromatic rings. The van der Waals surface area contributed by atoms with Crippen LogP contribution in [0.2, 0.25) is 0 Å². The Kier molecular flexibility index (Phi) is 5.10. The van der Waals surface area contributed by atoms with Crippen molar-refractivity contribution < 1.29 is 9.59 Å². The number of amides is 2. The smallest absolute Gasteiger partial charge is 0.255 e. The molecule has 0 spiro atoms. The van der Waals surface area contributed by atoms with Gasteiger partial charge in [-0.2, -0.15) is 0 Å². The fraction of sp³-hybridized carbons (Fsp3) is 0.176. The first-order valence-corrected chi connectivity index (χ1v) is 6.95. The summed E-state index contributed by atoms with van der Waals surface area (Å²) < 4.78 is 0. The van der Waals surface area contributed by atoms with Crippen molar-refractivity contribution in [2.24, 2.45) is 0 Å². The molecule has 0 atom stereocenters. The van der Waals surface area contributed by atoms with Crippen molar-refractivity contribution in [3.63, 3.8) is 0 Å². The van der Waals surface area contributed by atoms with E-state index in [1.165, 1.54) is 0 Å². The molecule has 108 valence electrons. The second-order valence-corrected chi connectivity index (χ2v) is 4.66. The van der Waals surface area contributed by atoms with Crippen molar-refractivity contribution >= 4 is 17.5 Å². The molecule has 0 radical (unpaired) electrons. The maximum atomic E-state index is 12.2. The normalized spacial score (nSPS) is 9.95. The Bertz CT molecular complexity index is 624. The fourth-order valence-corrected chi connectivity index (χ4v) is 1.87. The van der Waals surface area contributed by atoms with Crippen LogP contribution in [0.15, 0.2) is 54.6 Å². The topological polar surface area (TPSA) is 58.2 Å². The van der Waals surface area contributed by atoms with Crippen molar-refractivity contribution in [1.29, 1.82) is 0 Å². The van der Waals surface area contributed by atoms with Gasteiger partial charge in [0.05, 0.1) is 0 Å². The largest absolute Gasteiger partial charge is 0.352 e. The molecule has 0 saturated carbocycles. The molecule has 2 amide bonds. The number of hydrogen-bond donors (Lipinski definition) is 2. The van der Waals surface area contributed by atoms with Gasteiger partial charge in [0.25, 0.3) is 11.8 Å². The Morgan fingerprint density at radius 2 is 1.57 bits per heavy atom. The van der Waals surface area contributed by atoms with Crippen LogP contribution in [0.5, 0.6) is 0 Å². The minimum Gasteiger partial charge on any atom is -0.352 e. The van der Waals surface area contributed by atoms with Crippen molar-refractivity contribution in [2.45, 2.75) is 13.3 Å². The van der Waals surface area contributed by atoms with Crippen molar-refractivity contribution in [3.8, 4) is 0 Å². The summed E-state index contributed by atoms with van der Waals surface area (Å²) in [6, 6.07) is 15.9. The molecule has 4 nitrogen and oxygen atoms in total. The second-order valence-electron chi connectivity index (χ2n) is 4.66. The number of benzene rings is 2. The number of nitrogens with one attached hydrogen (secondary N) is 2. The third-order valence-electron chi connectivity index (χ3n) is 2.95. The van der Waals surface area contributed by atoms with Crippen molar-refractivity contribution in [3.05, 3.63) is 65.7 Å². The molecule has 21 heavy (non-hydrogen) atoms. The maximum absolute atomic E-state index is 12.2. The van der Waals surface area contributed by atoms with E-state index >= 15 is 0 Å². The van der Waals surface area contributed by atoms with Gasteiger partial charge < -0.3 is 10.6 Å². The SMILES string of the molecule is CCCNC(=O)c1cccc(C(=O)Nc2ccccc2)c1. The zero-order chi connectivity index (χ0) is 15.1. The number of rotatable bonds is 5. The van der Waals surface area contributed by atoms with Crippen LogP contribution in [0.4, 0.5) is 5.69 Å². The molecule has 0 aliphatic heterocycles. The highest BCUT2D eigenvalue weighted by Crippen LogP contribution is 2.10. The quantitative estimate of drug-likeness (QED) is 0.885. The van der Waals surface area contributed by atoms with Crippen LogP contribution in [-0.4, -0.2) is 18.4 Å². The van der Waals surface area contributed by atoms with Crippen LogP contribution >= 0.6 is 0 Å². The van der Waals surface area contributed by atoms with E-state index in [0.717, 1.165) is 12.1 Å². The van der Waals surface area contributed by atoms with Gasteiger partial charge in [0.1, 0.15) is 0 Å². The summed E-state index contributed by atoms with van der Waals surface area (Å²) in [5.41, 5.74) is 1.68. The molecular formula is C17H18N2O2. The van der Waals surface area contributed by atoms with E-state index in [4.69, 9.17) is 0 Å². The van der Waals surface area contributed by atoms with Gasteiger partial charge in [-0.15, -0.1) is 0 Å². The summed E-state index contributed by atoms with van der Waals surface area (Å²) >= 11 is 0. The summed E-state index contributed by atoms with van der Waals surface area (Å²) in [7, 11) is 0. The lowest BCUT2D eigenvalue weighted by Gasteiger charge is -2.07. The Hall–Kier alpha value is -2.62. The highest BCUT2D eigenvalue weighted by atomic mass is 16.2. The lowest BCUT2D eigenvalue weighted by molar-refractivity contribution is 0.0953. The van der Waals surface area contributed by atoms with Crippen molar-refractivity contribution in [2.75, 3.05) is 11.9 Å². The van der Waals surface area contributed by atoms with Gasteiger partial charge in [0.2, 0.25) is 0 Å². The first kappa shape index (κ1) is 14.8. The minimum absolute atomic E-state index is 0.161. The molecule has 4 heteroatoms. The van der Waals surface area contributed by atoms with Crippen LogP contribution in [0.1, 0.15) is 34.1 Å². The Balaban J connectivity index is 2.10. The average Bonchev–Trinajstić information content (AvgIpc) is 2.53. The van der Waals surface area contributed by atoms with Gasteiger partial charge >= 0.3 is 0 Å². The molecule has 0 aromatic heterocycles. The van der Waals surface area contributed by atoms with Gasteiger partial charge in [-0.3, -0.25) is 9.59 Å². The van der Waals surface area contributed by atoms with Gasteiger partial charge in [-0.05, 0) is 36.8 Å². The van der Waals surface area contributed by atoms with Crippen LogP contribution in [0.25, 0.3) is 0 Å². The predicted molar refractivity (Wildman–Crippen MR) is 83.5 cm³/mol. The molecule has 0 aliphatic rings. The molecule has 0 aliphatic carbocycles. The second kappa shape index (κ2) is 7.24. The average molecular weight is 282 g/mol. The summed E-state index contributed by atoms with van der Waals surface area (Å²) in [6.07, 6.45) is 0.875.